The van der Waals surface area contributed by atoms with E-state index in [0.717, 1.165) is 6.20 Å². The minimum absolute atomic E-state index is 0.0553. The van der Waals surface area contributed by atoms with E-state index in [1.165, 1.54) is 0 Å². The molecule has 1 aliphatic rings. The second-order valence-corrected chi connectivity index (χ2v) is 4.60. The van der Waals surface area contributed by atoms with Crippen molar-refractivity contribution in [1.29, 1.82) is 0 Å². The van der Waals surface area contributed by atoms with Crippen LogP contribution in [-0.4, -0.2) is 51.9 Å². The Morgan fingerprint density at radius 2 is 2.42 bits per heavy atom. The van der Waals surface area contributed by atoms with Crippen LogP contribution in [0.4, 0.5) is 11.5 Å². The molecule has 1 N–H and O–H groups in total. The first-order valence-electron chi connectivity index (χ1n) is 5.69. The van der Waals surface area contributed by atoms with Crippen LogP contribution in [0.15, 0.2) is 6.20 Å². The maximum atomic E-state index is 11.0. The van der Waals surface area contributed by atoms with Crippen molar-refractivity contribution in [2.24, 2.45) is 0 Å². The Labute approximate surface area is 114 Å². The number of aliphatic hydroxyl groups excluding tert-OH is 1. The lowest BCUT2D eigenvalue weighted by atomic mass is 10.2. The molecule has 0 amide bonds. The van der Waals surface area contributed by atoms with E-state index in [1.54, 1.807) is 4.90 Å². The third kappa shape index (κ3) is 3.09. The molecule has 104 valence electrons. The number of hydrogen-bond donors (Lipinski definition) is 1. The molecule has 2 unspecified atom stereocenters. The average molecular weight is 289 g/mol. The Morgan fingerprint density at radius 3 is 3.05 bits per heavy atom. The Balaban J connectivity index is 2.34. The minimum atomic E-state index is -0.556. The van der Waals surface area contributed by atoms with Gasteiger partial charge < -0.3 is 14.7 Å². The molecule has 1 aliphatic heterocycles. The fourth-order valence-corrected chi connectivity index (χ4v) is 2.16. The number of anilines is 1. The smallest absolute Gasteiger partial charge is 0.329 e. The van der Waals surface area contributed by atoms with Crippen LogP contribution < -0.4 is 4.90 Å². The lowest BCUT2D eigenvalue weighted by molar-refractivity contribution is -0.384. The van der Waals surface area contributed by atoms with Gasteiger partial charge in [-0.3, -0.25) is 10.1 Å². The third-order valence-electron chi connectivity index (χ3n) is 2.75. The van der Waals surface area contributed by atoms with Crippen molar-refractivity contribution in [3.63, 3.8) is 0 Å². The van der Waals surface area contributed by atoms with Crippen LogP contribution in [0.25, 0.3) is 0 Å². The van der Waals surface area contributed by atoms with Gasteiger partial charge in [0, 0.05) is 13.1 Å². The van der Waals surface area contributed by atoms with Crippen LogP contribution in [0.3, 0.4) is 0 Å². The Hall–Kier alpha value is -1.51. The summed E-state index contributed by atoms with van der Waals surface area (Å²) < 4.78 is 5.48. The Kier molecular flexibility index (Phi) is 4.13. The van der Waals surface area contributed by atoms with Crippen molar-refractivity contribution < 1.29 is 14.8 Å². The van der Waals surface area contributed by atoms with Gasteiger partial charge in [-0.15, -0.1) is 0 Å². The highest BCUT2D eigenvalue weighted by Gasteiger charge is 2.30. The standard InChI is InChI=1S/C10H13ClN4O4/c1-6-3-14(4-7(5-16)19-6)9-8(15(17)18)2-12-10(11)13-9/h2,6-7,16H,3-5H2,1H3. The van der Waals surface area contributed by atoms with Gasteiger partial charge >= 0.3 is 5.69 Å². The van der Waals surface area contributed by atoms with Gasteiger partial charge in [-0.1, -0.05) is 0 Å². The second-order valence-electron chi connectivity index (χ2n) is 4.26. The van der Waals surface area contributed by atoms with E-state index in [1.807, 2.05) is 6.92 Å². The molecule has 2 heterocycles. The van der Waals surface area contributed by atoms with E-state index >= 15 is 0 Å². The van der Waals surface area contributed by atoms with Crippen LogP contribution >= 0.6 is 11.6 Å². The molecule has 1 aromatic heterocycles. The largest absolute Gasteiger partial charge is 0.394 e. The number of morpholine rings is 1. The molecule has 9 heteroatoms. The highest BCUT2D eigenvalue weighted by Crippen LogP contribution is 2.28. The SMILES string of the molecule is CC1CN(c2nc(Cl)ncc2[N+](=O)[O-])CC(CO)O1. The van der Waals surface area contributed by atoms with Gasteiger partial charge in [-0.05, 0) is 18.5 Å². The van der Waals surface area contributed by atoms with Gasteiger partial charge in [-0.25, -0.2) is 4.98 Å². The summed E-state index contributed by atoms with van der Waals surface area (Å²) in [4.78, 5) is 19.7. The molecule has 0 aromatic carbocycles. The van der Waals surface area contributed by atoms with Crippen LogP contribution in [0, 0.1) is 10.1 Å². The zero-order valence-corrected chi connectivity index (χ0v) is 10.9. The first-order valence-corrected chi connectivity index (χ1v) is 6.07. The van der Waals surface area contributed by atoms with Gasteiger partial charge in [0.25, 0.3) is 0 Å². The Bertz CT molecular complexity index is 487. The Morgan fingerprint density at radius 1 is 1.68 bits per heavy atom. The van der Waals surface area contributed by atoms with Crippen LogP contribution in [0.5, 0.6) is 0 Å². The molecule has 0 radical (unpaired) electrons. The molecule has 0 saturated carbocycles. The molecule has 0 aliphatic carbocycles. The number of nitro groups is 1. The molecule has 1 fully saturated rings. The summed E-state index contributed by atoms with van der Waals surface area (Å²) in [5.74, 6) is 0.151. The number of nitrogens with zero attached hydrogens (tertiary/aromatic N) is 4. The molecule has 8 nitrogen and oxygen atoms in total. The fourth-order valence-electron chi connectivity index (χ4n) is 2.03. The second kappa shape index (κ2) is 5.64. The summed E-state index contributed by atoms with van der Waals surface area (Å²) in [6.07, 6.45) is 0.509. The normalized spacial score (nSPS) is 23.4. The highest BCUT2D eigenvalue weighted by molar-refractivity contribution is 6.28. The summed E-state index contributed by atoms with van der Waals surface area (Å²) >= 11 is 5.70. The zero-order chi connectivity index (χ0) is 14.0. The molecular formula is C10H13ClN4O4. The van der Waals surface area contributed by atoms with E-state index in [9.17, 15) is 10.1 Å². The van der Waals surface area contributed by atoms with E-state index in [0.29, 0.717) is 13.1 Å². The van der Waals surface area contributed by atoms with Crippen molar-refractivity contribution >= 4 is 23.1 Å². The van der Waals surface area contributed by atoms with E-state index in [4.69, 9.17) is 21.4 Å². The molecule has 0 bridgehead atoms. The molecule has 0 spiro atoms. The lowest BCUT2D eigenvalue weighted by Crippen LogP contribution is -2.48. The summed E-state index contributed by atoms with van der Waals surface area (Å²) in [5, 5.41) is 20.1. The van der Waals surface area contributed by atoms with Gasteiger partial charge in [0.1, 0.15) is 6.20 Å². The van der Waals surface area contributed by atoms with Crippen LogP contribution in [0.2, 0.25) is 5.28 Å². The van der Waals surface area contributed by atoms with Crippen LogP contribution in [0.1, 0.15) is 6.92 Å². The monoisotopic (exact) mass is 288 g/mol. The zero-order valence-electron chi connectivity index (χ0n) is 10.2. The first kappa shape index (κ1) is 13.9. The number of rotatable bonds is 3. The quantitative estimate of drug-likeness (QED) is 0.494. The van der Waals surface area contributed by atoms with Gasteiger partial charge in [0.2, 0.25) is 11.1 Å². The minimum Gasteiger partial charge on any atom is -0.394 e. The number of aliphatic hydroxyl groups is 1. The number of halogens is 1. The number of aromatic nitrogens is 2. The van der Waals surface area contributed by atoms with Gasteiger partial charge in [0.15, 0.2) is 0 Å². The third-order valence-corrected chi connectivity index (χ3v) is 2.93. The summed E-state index contributed by atoms with van der Waals surface area (Å²) in [5.41, 5.74) is -0.213. The van der Waals surface area contributed by atoms with Gasteiger partial charge in [-0.2, -0.15) is 4.98 Å². The predicted octanol–water partition coefficient (Wildman–Crippen LogP) is 0.624. The molecular weight excluding hydrogens is 276 g/mol. The topological polar surface area (TPSA) is 102 Å². The van der Waals surface area contributed by atoms with E-state index < -0.39 is 11.0 Å². The first-order chi connectivity index (χ1) is 9.01. The van der Waals surface area contributed by atoms with Crippen molar-refractivity contribution in [1.82, 2.24) is 9.97 Å². The summed E-state index contributed by atoms with van der Waals surface area (Å²) in [6, 6.07) is 0. The fraction of sp³-hybridized carbons (Fsp3) is 0.600. The number of ether oxygens (including phenoxy) is 1. The van der Waals surface area contributed by atoms with Crippen molar-refractivity contribution in [3.8, 4) is 0 Å². The average Bonchev–Trinajstić information content (AvgIpc) is 2.37. The maximum absolute atomic E-state index is 11.0. The summed E-state index contributed by atoms with van der Waals surface area (Å²) in [7, 11) is 0. The lowest BCUT2D eigenvalue weighted by Gasteiger charge is -2.36. The van der Waals surface area contributed by atoms with Crippen molar-refractivity contribution in [3.05, 3.63) is 21.6 Å². The predicted molar refractivity (Wildman–Crippen MR) is 67.3 cm³/mol. The molecule has 19 heavy (non-hydrogen) atoms. The van der Waals surface area contributed by atoms with Gasteiger partial charge in [0.05, 0.1) is 23.7 Å². The molecule has 1 saturated heterocycles. The molecule has 1 aromatic rings. The van der Waals surface area contributed by atoms with Crippen molar-refractivity contribution in [2.75, 3.05) is 24.6 Å². The van der Waals surface area contributed by atoms with Crippen LogP contribution in [-0.2, 0) is 4.74 Å². The van der Waals surface area contributed by atoms with E-state index in [-0.39, 0.29) is 29.5 Å². The highest BCUT2D eigenvalue weighted by atomic mass is 35.5. The van der Waals surface area contributed by atoms with Crippen molar-refractivity contribution in [2.45, 2.75) is 19.1 Å². The maximum Gasteiger partial charge on any atom is 0.329 e. The molecule has 2 rings (SSSR count). The molecule has 2 atom stereocenters. The summed E-state index contributed by atoms with van der Waals surface area (Å²) in [6.45, 7) is 2.41. The van der Waals surface area contributed by atoms with E-state index in [2.05, 4.69) is 9.97 Å². The number of hydrogen-bond acceptors (Lipinski definition) is 7.